The molecule has 21 heavy (non-hydrogen) atoms. The molecule has 6 nitrogen and oxygen atoms in total. The van der Waals surface area contributed by atoms with E-state index in [0.717, 1.165) is 10.7 Å². The predicted molar refractivity (Wildman–Crippen MR) is 76.2 cm³/mol. The van der Waals surface area contributed by atoms with Crippen LogP contribution in [0.25, 0.3) is 0 Å². The van der Waals surface area contributed by atoms with E-state index in [2.05, 4.69) is 15.6 Å². The van der Waals surface area contributed by atoms with E-state index in [1.165, 1.54) is 30.5 Å². The molecular formula is C14H15FN4O2. The van der Waals surface area contributed by atoms with E-state index in [1.54, 1.807) is 0 Å². The Hall–Kier alpha value is -2.57. The first-order valence-electron chi connectivity index (χ1n) is 6.46. The highest BCUT2D eigenvalue weighted by Gasteiger charge is 2.20. The van der Waals surface area contributed by atoms with Gasteiger partial charge in [0.15, 0.2) is 0 Å². The molecule has 2 amide bonds. The summed E-state index contributed by atoms with van der Waals surface area (Å²) in [5, 5.41) is 8.91. The van der Waals surface area contributed by atoms with Crippen LogP contribution in [0.15, 0.2) is 34.5 Å². The monoisotopic (exact) mass is 290 g/mol. The molecule has 110 valence electrons. The minimum absolute atomic E-state index is 0.170. The van der Waals surface area contributed by atoms with Crippen molar-refractivity contribution in [3.63, 3.8) is 0 Å². The fourth-order valence-corrected chi connectivity index (χ4v) is 1.75. The van der Waals surface area contributed by atoms with Gasteiger partial charge in [0.25, 0.3) is 5.91 Å². The summed E-state index contributed by atoms with van der Waals surface area (Å²) in [5.74, 6) is -0.966. The first kappa shape index (κ1) is 14.8. The highest BCUT2D eigenvalue weighted by Crippen LogP contribution is 2.08. The van der Waals surface area contributed by atoms with Crippen LogP contribution >= 0.6 is 0 Å². The Morgan fingerprint density at radius 3 is 2.86 bits per heavy atom. The number of carbonyl (C=O) groups is 2. The van der Waals surface area contributed by atoms with E-state index in [1.807, 2.05) is 6.92 Å². The van der Waals surface area contributed by atoms with Crippen molar-refractivity contribution in [3.05, 3.63) is 35.6 Å². The third-order valence-electron chi connectivity index (χ3n) is 2.85. The second-order valence-electron chi connectivity index (χ2n) is 4.63. The molecule has 0 spiro atoms. The summed E-state index contributed by atoms with van der Waals surface area (Å²) in [7, 11) is 0. The van der Waals surface area contributed by atoms with Crippen molar-refractivity contribution in [1.82, 2.24) is 10.4 Å². The molecule has 0 unspecified atom stereocenters. The largest absolute Gasteiger partial charge is 0.273 e. The molecule has 0 aliphatic carbocycles. The summed E-state index contributed by atoms with van der Waals surface area (Å²) in [5.41, 5.74) is 3.77. The Balaban J connectivity index is 1.86. The molecule has 7 heteroatoms. The van der Waals surface area contributed by atoms with E-state index in [9.17, 15) is 14.0 Å². The molecule has 0 saturated heterocycles. The van der Waals surface area contributed by atoms with Crippen LogP contribution in [0.2, 0.25) is 0 Å². The summed E-state index contributed by atoms with van der Waals surface area (Å²) in [4.78, 5) is 23.2. The van der Waals surface area contributed by atoms with Gasteiger partial charge in [0.1, 0.15) is 12.4 Å². The van der Waals surface area contributed by atoms with Gasteiger partial charge in [0.2, 0.25) is 5.91 Å². The number of hydrogen-bond donors (Lipinski definition) is 1. The lowest BCUT2D eigenvalue weighted by atomic mass is 10.2. The number of nitrogens with one attached hydrogen (secondary N) is 1. The fourth-order valence-electron chi connectivity index (χ4n) is 1.75. The van der Waals surface area contributed by atoms with Crippen molar-refractivity contribution in [2.45, 2.75) is 19.8 Å². The number of rotatable bonds is 4. The van der Waals surface area contributed by atoms with Gasteiger partial charge in [-0.15, -0.1) is 0 Å². The quantitative estimate of drug-likeness (QED) is 0.670. The van der Waals surface area contributed by atoms with Crippen molar-refractivity contribution in [3.8, 4) is 0 Å². The minimum atomic E-state index is -0.444. The standard InChI is InChI=1S/C14H15FN4O2/c1-10-2-7-14(21)19(18-10)9-13(20)17-16-8-11-3-5-12(15)6-4-11/h3-6,8H,2,7,9H2,1H3,(H,17,20)/b16-8+. The van der Waals surface area contributed by atoms with Gasteiger partial charge in [0, 0.05) is 12.1 Å². The normalized spacial score (nSPS) is 15.2. The zero-order chi connectivity index (χ0) is 15.2. The van der Waals surface area contributed by atoms with Crippen LogP contribution in [-0.2, 0) is 9.59 Å². The first-order chi connectivity index (χ1) is 10.0. The number of carbonyl (C=O) groups excluding carboxylic acids is 2. The smallest absolute Gasteiger partial charge is 0.261 e. The number of hydrazone groups is 2. The van der Waals surface area contributed by atoms with Crippen LogP contribution in [0.5, 0.6) is 0 Å². The van der Waals surface area contributed by atoms with E-state index < -0.39 is 5.91 Å². The van der Waals surface area contributed by atoms with E-state index in [0.29, 0.717) is 18.4 Å². The van der Waals surface area contributed by atoms with E-state index in [-0.39, 0.29) is 18.3 Å². The van der Waals surface area contributed by atoms with Gasteiger partial charge >= 0.3 is 0 Å². The zero-order valence-corrected chi connectivity index (χ0v) is 11.5. The number of benzene rings is 1. The molecule has 1 aromatic rings. The van der Waals surface area contributed by atoms with Crippen molar-refractivity contribution in [1.29, 1.82) is 0 Å². The zero-order valence-electron chi connectivity index (χ0n) is 11.5. The average Bonchev–Trinajstić information content (AvgIpc) is 2.45. The molecule has 0 aromatic heterocycles. The summed E-state index contributed by atoms with van der Waals surface area (Å²) >= 11 is 0. The SMILES string of the molecule is CC1=NN(CC(=O)N/N=C/c2ccc(F)cc2)C(=O)CC1. The van der Waals surface area contributed by atoms with Gasteiger partial charge in [-0.05, 0) is 31.0 Å². The maximum atomic E-state index is 12.7. The first-order valence-corrected chi connectivity index (χ1v) is 6.46. The van der Waals surface area contributed by atoms with Gasteiger partial charge in [-0.1, -0.05) is 12.1 Å². The second-order valence-corrected chi connectivity index (χ2v) is 4.63. The van der Waals surface area contributed by atoms with Crippen molar-refractivity contribution in [2.24, 2.45) is 10.2 Å². The number of halogens is 1. The van der Waals surface area contributed by atoms with Crippen LogP contribution < -0.4 is 5.43 Å². The lowest BCUT2D eigenvalue weighted by molar-refractivity contribution is -0.136. The molecule has 0 bridgehead atoms. The molecule has 1 aliphatic rings. The maximum absolute atomic E-state index is 12.7. The van der Waals surface area contributed by atoms with Crippen LogP contribution in [0, 0.1) is 5.82 Å². The molecule has 0 radical (unpaired) electrons. The van der Waals surface area contributed by atoms with Gasteiger partial charge < -0.3 is 0 Å². The van der Waals surface area contributed by atoms with Crippen LogP contribution in [0.3, 0.4) is 0 Å². The lowest BCUT2D eigenvalue weighted by Gasteiger charge is -2.21. The van der Waals surface area contributed by atoms with Crippen LogP contribution in [0.1, 0.15) is 25.3 Å². The Bertz CT molecular complexity index is 595. The highest BCUT2D eigenvalue weighted by atomic mass is 19.1. The Kier molecular flexibility index (Phi) is 4.76. The molecule has 0 atom stereocenters. The molecule has 1 aliphatic heterocycles. The molecule has 1 aromatic carbocycles. The molecule has 1 N–H and O–H groups in total. The number of nitrogens with zero attached hydrogens (tertiary/aromatic N) is 3. The minimum Gasteiger partial charge on any atom is -0.273 e. The van der Waals surface area contributed by atoms with Gasteiger partial charge in [-0.3, -0.25) is 9.59 Å². The molecule has 0 fully saturated rings. The average molecular weight is 290 g/mol. The molecule has 0 saturated carbocycles. The van der Waals surface area contributed by atoms with Crippen molar-refractivity contribution >= 4 is 23.7 Å². The third kappa shape index (κ3) is 4.48. The fraction of sp³-hybridized carbons (Fsp3) is 0.286. The third-order valence-corrected chi connectivity index (χ3v) is 2.85. The van der Waals surface area contributed by atoms with Gasteiger partial charge in [-0.2, -0.15) is 10.2 Å². The van der Waals surface area contributed by atoms with E-state index >= 15 is 0 Å². The maximum Gasteiger partial charge on any atom is 0.261 e. The molecule has 1 heterocycles. The molecular weight excluding hydrogens is 275 g/mol. The summed E-state index contributed by atoms with van der Waals surface area (Å²) < 4.78 is 12.7. The summed E-state index contributed by atoms with van der Waals surface area (Å²) in [6.07, 6.45) is 2.38. The Morgan fingerprint density at radius 1 is 1.43 bits per heavy atom. The lowest BCUT2D eigenvalue weighted by Crippen LogP contribution is -2.38. The topological polar surface area (TPSA) is 74.1 Å². The van der Waals surface area contributed by atoms with Crippen LogP contribution in [0.4, 0.5) is 4.39 Å². The predicted octanol–water partition coefficient (Wildman–Crippen LogP) is 1.27. The summed E-state index contributed by atoms with van der Waals surface area (Å²) in [6, 6.07) is 5.67. The van der Waals surface area contributed by atoms with Gasteiger partial charge in [0.05, 0.1) is 6.21 Å². The molecule has 2 rings (SSSR count). The van der Waals surface area contributed by atoms with Crippen LogP contribution in [-0.4, -0.2) is 35.3 Å². The highest BCUT2D eigenvalue weighted by molar-refractivity contribution is 5.93. The Morgan fingerprint density at radius 2 is 2.14 bits per heavy atom. The van der Waals surface area contributed by atoms with E-state index in [4.69, 9.17) is 0 Å². The van der Waals surface area contributed by atoms with Crippen molar-refractivity contribution in [2.75, 3.05) is 6.54 Å². The van der Waals surface area contributed by atoms with Gasteiger partial charge in [-0.25, -0.2) is 14.8 Å². The van der Waals surface area contributed by atoms with Crippen molar-refractivity contribution < 1.29 is 14.0 Å². The second kappa shape index (κ2) is 6.74. The summed E-state index contributed by atoms with van der Waals surface area (Å²) in [6.45, 7) is 1.64. The Labute approximate surface area is 121 Å². The number of hydrogen-bond acceptors (Lipinski definition) is 4. The number of amides is 2.